The minimum absolute atomic E-state index is 0.181. The van der Waals surface area contributed by atoms with Gasteiger partial charge in [0.15, 0.2) is 9.84 Å². The molecule has 130 valence electrons. The fourth-order valence-electron chi connectivity index (χ4n) is 3.03. The Labute approximate surface area is 142 Å². The molecule has 24 heavy (non-hydrogen) atoms. The molecule has 0 aromatic heterocycles. The van der Waals surface area contributed by atoms with Gasteiger partial charge in [0.2, 0.25) is 0 Å². The van der Waals surface area contributed by atoms with Gasteiger partial charge in [0.05, 0.1) is 11.5 Å². The molecule has 2 aliphatic rings. The first kappa shape index (κ1) is 16.8. The van der Waals surface area contributed by atoms with Gasteiger partial charge in [-0.3, -0.25) is 0 Å². The number of sulfone groups is 1. The van der Waals surface area contributed by atoms with Crippen molar-refractivity contribution >= 4 is 27.2 Å². The molecule has 0 radical (unpaired) electrons. The van der Waals surface area contributed by atoms with Gasteiger partial charge in [-0.05, 0) is 37.5 Å². The Morgan fingerprint density at radius 3 is 2.67 bits per heavy atom. The third-order valence-electron chi connectivity index (χ3n) is 4.42. The molecule has 1 unspecified atom stereocenters. The van der Waals surface area contributed by atoms with Crippen LogP contribution in [0.3, 0.4) is 0 Å². The number of carbonyl (C=O) groups is 1. The molecule has 3 rings (SSSR count). The van der Waals surface area contributed by atoms with Gasteiger partial charge in [0, 0.05) is 30.5 Å². The molecule has 1 aliphatic heterocycles. The van der Waals surface area contributed by atoms with Crippen molar-refractivity contribution in [1.82, 2.24) is 5.32 Å². The molecule has 2 amide bonds. The van der Waals surface area contributed by atoms with E-state index in [9.17, 15) is 13.2 Å². The van der Waals surface area contributed by atoms with E-state index in [-0.39, 0.29) is 23.6 Å². The molecule has 1 aliphatic carbocycles. The van der Waals surface area contributed by atoms with Crippen molar-refractivity contribution < 1.29 is 13.2 Å². The zero-order valence-electron chi connectivity index (χ0n) is 13.6. The number of nitrogens with one attached hydrogen (secondary N) is 2. The summed E-state index contributed by atoms with van der Waals surface area (Å²) >= 11 is 0. The Kier molecular flexibility index (Phi) is 5.08. The predicted molar refractivity (Wildman–Crippen MR) is 96.2 cm³/mol. The molecule has 1 aromatic carbocycles. The van der Waals surface area contributed by atoms with E-state index in [1.165, 1.54) is 0 Å². The molecule has 1 aromatic rings. The Balaban J connectivity index is 1.58. The summed E-state index contributed by atoms with van der Waals surface area (Å²) in [4.78, 5) is 14.2. The lowest BCUT2D eigenvalue weighted by molar-refractivity contribution is 0.247. The van der Waals surface area contributed by atoms with Gasteiger partial charge < -0.3 is 15.5 Å². The predicted octanol–water partition coefficient (Wildman–Crippen LogP) is 2.15. The van der Waals surface area contributed by atoms with Crippen molar-refractivity contribution in [2.75, 3.05) is 34.8 Å². The van der Waals surface area contributed by atoms with Gasteiger partial charge in [-0.1, -0.05) is 18.2 Å². The van der Waals surface area contributed by atoms with Crippen molar-refractivity contribution in [2.45, 2.75) is 25.3 Å². The second kappa shape index (κ2) is 7.25. The summed E-state index contributed by atoms with van der Waals surface area (Å²) in [5, 5.41) is 5.85. The summed E-state index contributed by atoms with van der Waals surface area (Å²) in [6, 6.07) is 7.52. The van der Waals surface area contributed by atoms with Crippen LogP contribution >= 0.6 is 0 Å². The number of anilines is 2. The zero-order valence-corrected chi connectivity index (χ0v) is 14.4. The van der Waals surface area contributed by atoms with Crippen LogP contribution in [0.5, 0.6) is 0 Å². The average molecular weight is 349 g/mol. The number of carbonyl (C=O) groups excluding carboxylic acids is 1. The van der Waals surface area contributed by atoms with Crippen molar-refractivity contribution in [3.05, 3.63) is 36.4 Å². The van der Waals surface area contributed by atoms with Crippen LogP contribution in [-0.2, 0) is 9.84 Å². The Morgan fingerprint density at radius 1 is 1.17 bits per heavy atom. The maximum atomic E-state index is 12.1. The number of hydrogen-bond donors (Lipinski definition) is 2. The van der Waals surface area contributed by atoms with Gasteiger partial charge in [0.25, 0.3) is 0 Å². The summed E-state index contributed by atoms with van der Waals surface area (Å²) in [7, 11) is -2.90. The lowest BCUT2D eigenvalue weighted by atomic mass is 10.0. The third kappa shape index (κ3) is 4.50. The van der Waals surface area contributed by atoms with Gasteiger partial charge in [-0.2, -0.15) is 0 Å². The molecule has 1 atom stereocenters. The Hall–Kier alpha value is -2.02. The molecule has 0 bridgehead atoms. The molecular formula is C17H23N3O3S. The second-order valence-corrected chi connectivity index (χ2v) is 8.57. The van der Waals surface area contributed by atoms with E-state index in [0.717, 1.165) is 24.9 Å². The van der Waals surface area contributed by atoms with Crippen molar-refractivity contribution in [1.29, 1.82) is 0 Å². The number of urea groups is 1. The molecule has 1 saturated heterocycles. The first-order valence-corrected chi connectivity index (χ1v) is 10.1. The Bertz CT molecular complexity index is 716. The van der Waals surface area contributed by atoms with Crippen LogP contribution in [0.1, 0.15) is 19.3 Å². The molecule has 1 fully saturated rings. The molecule has 7 heteroatoms. The fourth-order valence-corrected chi connectivity index (χ4v) is 4.23. The number of allylic oxidation sites excluding steroid dienone is 1. The number of nitrogens with zero attached hydrogens (tertiary/aromatic N) is 1. The highest BCUT2D eigenvalue weighted by molar-refractivity contribution is 7.91. The van der Waals surface area contributed by atoms with Crippen molar-refractivity contribution in [2.24, 2.45) is 0 Å². The van der Waals surface area contributed by atoms with E-state index in [0.29, 0.717) is 18.8 Å². The van der Waals surface area contributed by atoms with Gasteiger partial charge in [-0.15, -0.1) is 0 Å². The largest absolute Gasteiger partial charge is 0.369 e. The van der Waals surface area contributed by atoms with Crippen LogP contribution < -0.4 is 15.5 Å². The van der Waals surface area contributed by atoms with Crippen molar-refractivity contribution in [3.8, 4) is 0 Å². The minimum Gasteiger partial charge on any atom is -0.369 e. The molecule has 2 N–H and O–H groups in total. The Morgan fingerprint density at radius 2 is 1.96 bits per heavy atom. The first-order valence-electron chi connectivity index (χ1n) is 8.30. The number of rotatable bonds is 3. The lowest BCUT2D eigenvalue weighted by Gasteiger charge is -2.29. The maximum absolute atomic E-state index is 12.1. The van der Waals surface area contributed by atoms with E-state index in [1.54, 1.807) is 0 Å². The summed E-state index contributed by atoms with van der Waals surface area (Å²) in [6.07, 6.45) is 7.07. The van der Waals surface area contributed by atoms with E-state index < -0.39 is 9.84 Å². The number of benzene rings is 1. The molecular weight excluding hydrogens is 326 g/mol. The first-order chi connectivity index (χ1) is 11.5. The molecule has 1 heterocycles. The summed E-state index contributed by atoms with van der Waals surface area (Å²) in [6.45, 7) is 0.985. The van der Waals surface area contributed by atoms with E-state index in [1.807, 2.05) is 29.2 Å². The average Bonchev–Trinajstić information content (AvgIpc) is 2.56. The standard InChI is InChI=1S/C17H23N3O3S/c21-17(18-14-5-2-1-3-6-14)19-15-7-4-8-16(13-15)20-9-11-24(22,23)12-10-20/h1-2,4,7-8,13-14H,3,5-6,9-12H2,(H2,18,19,21). The van der Waals surface area contributed by atoms with Crippen LogP contribution in [0.2, 0.25) is 0 Å². The third-order valence-corrected chi connectivity index (χ3v) is 6.03. The van der Waals surface area contributed by atoms with E-state index >= 15 is 0 Å². The minimum atomic E-state index is -2.90. The summed E-state index contributed by atoms with van der Waals surface area (Å²) in [5.41, 5.74) is 1.65. The molecule has 6 nitrogen and oxygen atoms in total. The van der Waals surface area contributed by atoms with Crippen molar-refractivity contribution in [3.63, 3.8) is 0 Å². The SMILES string of the molecule is O=C(Nc1cccc(N2CCS(=O)(=O)CC2)c1)NC1CC=CCC1. The van der Waals surface area contributed by atoms with Crippen LogP contribution in [0, 0.1) is 0 Å². The van der Waals surface area contributed by atoms with Gasteiger partial charge in [0.1, 0.15) is 0 Å². The topological polar surface area (TPSA) is 78.5 Å². The number of hydrogen-bond acceptors (Lipinski definition) is 4. The maximum Gasteiger partial charge on any atom is 0.319 e. The highest BCUT2D eigenvalue weighted by Gasteiger charge is 2.22. The molecule has 0 saturated carbocycles. The summed E-state index contributed by atoms with van der Waals surface area (Å²) in [5.74, 6) is 0.362. The van der Waals surface area contributed by atoms with E-state index in [2.05, 4.69) is 22.8 Å². The van der Waals surface area contributed by atoms with Crippen LogP contribution in [0.4, 0.5) is 16.2 Å². The zero-order chi connectivity index (χ0) is 17.0. The van der Waals surface area contributed by atoms with Crippen LogP contribution in [-0.4, -0.2) is 45.1 Å². The fraction of sp³-hybridized carbons (Fsp3) is 0.471. The quantitative estimate of drug-likeness (QED) is 0.820. The normalized spacial score (nSPS) is 22.8. The van der Waals surface area contributed by atoms with Gasteiger partial charge >= 0.3 is 6.03 Å². The van der Waals surface area contributed by atoms with Crippen LogP contribution in [0.15, 0.2) is 36.4 Å². The van der Waals surface area contributed by atoms with Crippen LogP contribution in [0.25, 0.3) is 0 Å². The van der Waals surface area contributed by atoms with Gasteiger partial charge in [-0.25, -0.2) is 13.2 Å². The molecule has 0 spiro atoms. The highest BCUT2D eigenvalue weighted by atomic mass is 32.2. The second-order valence-electron chi connectivity index (χ2n) is 6.27. The summed E-state index contributed by atoms with van der Waals surface area (Å²) < 4.78 is 23.1. The highest BCUT2D eigenvalue weighted by Crippen LogP contribution is 2.21. The lowest BCUT2D eigenvalue weighted by Crippen LogP contribution is -2.40. The smallest absolute Gasteiger partial charge is 0.319 e. The number of amides is 2. The monoisotopic (exact) mass is 349 g/mol. The van der Waals surface area contributed by atoms with E-state index in [4.69, 9.17) is 0 Å².